The van der Waals surface area contributed by atoms with Crippen LogP contribution in [0.15, 0.2) is 23.3 Å². The summed E-state index contributed by atoms with van der Waals surface area (Å²) in [7, 11) is 0. The second-order valence-electron chi connectivity index (χ2n) is 3.14. The minimum atomic E-state index is -0.888. The summed E-state index contributed by atoms with van der Waals surface area (Å²) < 4.78 is 5.19. The molecule has 0 atom stereocenters. The molecular formula is C10H14O3. The molecule has 0 aliphatic carbocycles. The number of hydrogen-bond acceptors (Lipinski definition) is 2. The van der Waals surface area contributed by atoms with Crippen LogP contribution in [0.1, 0.15) is 19.8 Å². The van der Waals surface area contributed by atoms with Crippen molar-refractivity contribution in [1.29, 1.82) is 0 Å². The van der Waals surface area contributed by atoms with Gasteiger partial charge < -0.3 is 9.84 Å². The first-order valence-corrected chi connectivity index (χ1v) is 4.37. The van der Waals surface area contributed by atoms with Crippen molar-refractivity contribution in [2.75, 3.05) is 13.2 Å². The van der Waals surface area contributed by atoms with Crippen molar-refractivity contribution in [3.8, 4) is 0 Å². The second-order valence-corrected chi connectivity index (χ2v) is 3.14. The lowest BCUT2D eigenvalue weighted by atomic mass is 10.0. The predicted octanol–water partition coefficient (Wildman–Crippen LogP) is 1.75. The van der Waals surface area contributed by atoms with E-state index >= 15 is 0 Å². The van der Waals surface area contributed by atoms with Crippen LogP contribution in [-0.4, -0.2) is 24.3 Å². The lowest BCUT2D eigenvalue weighted by Crippen LogP contribution is -2.07. The Morgan fingerprint density at radius 1 is 1.46 bits per heavy atom. The second kappa shape index (κ2) is 4.82. The maximum atomic E-state index is 10.3. The molecule has 0 aromatic carbocycles. The Bertz CT molecular complexity index is 243. The van der Waals surface area contributed by atoms with Gasteiger partial charge in [0.05, 0.1) is 13.2 Å². The molecule has 3 heteroatoms. The van der Waals surface area contributed by atoms with Crippen molar-refractivity contribution in [3.63, 3.8) is 0 Å². The van der Waals surface area contributed by atoms with E-state index in [9.17, 15) is 4.79 Å². The van der Waals surface area contributed by atoms with Gasteiger partial charge in [0.1, 0.15) is 0 Å². The van der Waals surface area contributed by atoms with Gasteiger partial charge in [-0.1, -0.05) is 11.6 Å². The van der Waals surface area contributed by atoms with Crippen molar-refractivity contribution >= 4 is 5.97 Å². The Morgan fingerprint density at radius 3 is 2.62 bits per heavy atom. The molecule has 0 spiro atoms. The summed E-state index contributed by atoms with van der Waals surface area (Å²) in [6, 6.07) is 0. The molecule has 0 aromatic heterocycles. The van der Waals surface area contributed by atoms with Crippen LogP contribution < -0.4 is 0 Å². The van der Waals surface area contributed by atoms with Gasteiger partial charge in [-0.2, -0.15) is 0 Å². The van der Waals surface area contributed by atoms with Crippen LogP contribution in [0.4, 0.5) is 0 Å². The van der Waals surface area contributed by atoms with Crippen LogP contribution in [0.3, 0.4) is 0 Å². The first-order chi connectivity index (χ1) is 6.18. The summed E-state index contributed by atoms with van der Waals surface area (Å²) in [4.78, 5) is 10.3. The number of carboxylic acids is 1. The Labute approximate surface area is 77.7 Å². The Kier molecular flexibility index (Phi) is 3.71. The molecule has 1 saturated heterocycles. The SMILES string of the molecule is C/C(C=C1CCOCC1)=C/C(=O)O. The number of ether oxygens (including phenoxy) is 1. The molecule has 0 saturated carbocycles. The molecule has 1 fully saturated rings. The van der Waals surface area contributed by atoms with Gasteiger partial charge in [0.2, 0.25) is 0 Å². The number of hydrogen-bond donors (Lipinski definition) is 1. The smallest absolute Gasteiger partial charge is 0.328 e. The van der Waals surface area contributed by atoms with E-state index in [1.807, 2.05) is 6.08 Å². The minimum Gasteiger partial charge on any atom is -0.478 e. The molecule has 1 aliphatic heterocycles. The third kappa shape index (κ3) is 3.90. The first kappa shape index (κ1) is 9.99. The van der Waals surface area contributed by atoms with Crippen molar-refractivity contribution in [2.45, 2.75) is 19.8 Å². The van der Waals surface area contributed by atoms with Crippen molar-refractivity contribution in [3.05, 3.63) is 23.3 Å². The Balaban J connectivity index is 2.57. The lowest BCUT2D eigenvalue weighted by molar-refractivity contribution is -0.131. The van der Waals surface area contributed by atoms with Crippen LogP contribution in [0, 0.1) is 0 Å². The average Bonchev–Trinajstić information content (AvgIpc) is 2.04. The lowest BCUT2D eigenvalue weighted by Gasteiger charge is -2.14. The molecule has 0 radical (unpaired) electrons. The molecule has 0 unspecified atom stereocenters. The fourth-order valence-electron chi connectivity index (χ4n) is 1.34. The van der Waals surface area contributed by atoms with Crippen molar-refractivity contribution in [2.24, 2.45) is 0 Å². The predicted molar refractivity (Wildman–Crippen MR) is 49.5 cm³/mol. The molecular weight excluding hydrogens is 168 g/mol. The minimum absolute atomic E-state index is 0.756. The fourth-order valence-corrected chi connectivity index (χ4v) is 1.34. The molecule has 72 valence electrons. The highest BCUT2D eigenvalue weighted by Gasteiger charge is 2.04. The van der Waals surface area contributed by atoms with E-state index in [4.69, 9.17) is 9.84 Å². The van der Waals surface area contributed by atoms with Crippen LogP contribution in [0.5, 0.6) is 0 Å². The van der Waals surface area contributed by atoms with Gasteiger partial charge in [-0.05, 0) is 25.3 Å². The Morgan fingerprint density at radius 2 is 2.08 bits per heavy atom. The van der Waals surface area contributed by atoms with Gasteiger partial charge in [-0.3, -0.25) is 0 Å². The van der Waals surface area contributed by atoms with E-state index in [-0.39, 0.29) is 0 Å². The number of rotatable bonds is 2. The maximum Gasteiger partial charge on any atom is 0.328 e. The summed E-state index contributed by atoms with van der Waals surface area (Å²) in [5, 5.41) is 8.48. The molecule has 1 aliphatic rings. The summed E-state index contributed by atoms with van der Waals surface area (Å²) in [5.74, 6) is -0.888. The number of aliphatic carboxylic acids is 1. The van der Waals surface area contributed by atoms with E-state index in [1.165, 1.54) is 11.6 Å². The van der Waals surface area contributed by atoms with E-state index in [2.05, 4.69) is 0 Å². The van der Waals surface area contributed by atoms with E-state index in [0.717, 1.165) is 31.6 Å². The van der Waals surface area contributed by atoms with Crippen molar-refractivity contribution in [1.82, 2.24) is 0 Å². The monoisotopic (exact) mass is 182 g/mol. The van der Waals surface area contributed by atoms with Gasteiger partial charge in [0.25, 0.3) is 0 Å². The van der Waals surface area contributed by atoms with Gasteiger partial charge in [-0.15, -0.1) is 0 Å². The summed E-state index contributed by atoms with van der Waals surface area (Å²) in [6.07, 6.45) is 5.01. The topological polar surface area (TPSA) is 46.5 Å². The quantitative estimate of drug-likeness (QED) is 0.662. The zero-order valence-corrected chi connectivity index (χ0v) is 7.75. The average molecular weight is 182 g/mol. The largest absolute Gasteiger partial charge is 0.478 e. The highest BCUT2D eigenvalue weighted by molar-refractivity contribution is 5.81. The van der Waals surface area contributed by atoms with E-state index in [1.54, 1.807) is 6.92 Å². The number of allylic oxidation sites excluding steroid dienone is 2. The van der Waals surface area contributed by atoms with Gasteiger partial charge in [0.15, 0.2) is 0 Å². The molecule has 0 amide bonds. The first-order valence-electron chi connectivity index (χ1n) is 4.37. The molecule has 0 bridgehead atoms. The summed E-state index contributed by atoms with van der Waals surface area (Å²) in [6.45, 7) is 3.31. The normalized spacial score (nSPS) is 18.5. The highest BCUT2D eigenvalue weighted by Crippen LogP contribution is 2.15. The fraction of sp³-hybridized carbons (Fsp3) is 0.500. The molecule has 3 nitrogen and oxygen atoms in total. The van der Waals surface area contributed by atoms with Crippen LogP contribution in [0.2, 0.25) is 0 Å². The van der Waals surface area contributed by atoms with Gasteiger partial charge >= 0.3 is 5.97 Å². The molecule has 13 heavy (non-hydrogen) atoms. The van der Waals surface area contributed by atoms with E-state index < -0.39 is 5.97 Å². The molecule has 1 rings (SSSR count). The standard InChI is InChI=1S/C10H14O3/c1-8(7-10(11)12)6-9-2-4-13-5-3-9/h6-7H,2-5H2,1H3,(H,11,12)/b8-7-. The summed E-state index contributed by atoms with van der Waals surface area (Å²) >= 11 is 0. The molecule has 1 heterocycles. The number of carboxylic acid groups (broad SMARTS) is 1. The highest BCUT2D eigenvalue weighted by atomic mass is 16.5. The van der Waals surface area contributed by atoms with Crippen LogP contribution in [0.25, 0.3) is 0 Å². The van der Waals surface area contributed by atoms with Gasteiger partial charge in [0, 0.05) is 6.08 Å². The third-order valence-corrected chi connectivity index (χ3v) is 1.92. The number of carbonyl (C=O) groups is 1. The third-order valence-electron chi connectivity index (χ3n) is 1.92. The molecule has 0 aromatic rings. The van der Waals surface area contributed by atoms with Crippen molar-refractivity contribution < 1.29 is 14.6 Å². The Hall–Kier alpha value is -1.09. The van der Waals surface area contributed by atoms with Gasteiger partial charge in [-0.25, -0.2) is 4.79 Å². The van der Waals surface area contributed by atoms with E-state index in [0.29, 0.717) is 0 Å². The zero-order chi connectivity index (χ0) is 9.68. The summed E-state index contributed by atoms with van der Waals surface area (Å²) in [5.41, 5.74) is 2.07. The maximum absolute atomic E-state index is 10.3. The van der Waals surface area contributed by atoms with Crippen LogP contribution >= 0.6 is 0 Å². The molecule has 1 N–H and O–H groups in total. The van der Waals surface area contributed by atoms with Crippen LogP contribution in [-0.2, 0) is 9.53 Å². The zero-order valence-electron chi connectivity index (χ0n) is 7.75.